The van der Waals surface area contributed by atoms with Gasteiger partial charge in [0.05, 0.1) is 3.79 Å². The van der Waals surface area contributed by atoms with Gasteiger partial charge in [0, 0.05) is 9.85 Å². The normalized spacial score (nSPS) is 12.7. The molecule has 16 heavy (non-hydrogen) atoms. The molecule has 0 amide bonds. The number of rotatable bonds is 3. The first-order valence-electron chi connectivity index (χ1n) is 4.77. The van der Waals surface area contributed by atoms with Gasteiger partial charge in [0.15, 0.2) is 0 Å². The standard InChI is InChI=1S/C12H9Br2ClS/c13-11(9-6-12(14)16-7-9)5-8-2-1-3-10(15)4-8/h1-4,6-7,11H,5H2. The maximum atomic E-state index is 5.96. The molecule has 0 N–H and O–H groups in total. The Balaban J connectivity index is 2.10. The zero-order valence-corrected chi connectivity index (χ0v) is 13.0. The van der Waals surface area contributed by atoms with Crippen molar-refractivity contribution in [2.45, 2.75) is 11.2 Å². The van der Waals surface area contributed by atoms with E-state index in [1.165, 1.54) is 11.1 Å². The molecule has 1 heterocycles. The van der Waals surface area contributed by atoms with Crippen molar-refractivity contribution < 1.29 is 0 Å². The van der Waals surface area contributed by atoms with Crippen LogP contribution in [0.25, 0.3) is 0 Å². The number of hydrogen-bond donors (Lipinski definition) is 0. The Morgan fingerprint density at radius 2 is 2.12 bits per heavy atom. The van der Waals surface area contributed by atoms with Crippen molar-refractivity contribution in [1.82, 2.24) is 0 Å². The Bertz CT molecular complexity index is 481. The first-order valence-corrected chi connectivity index (χ1v) is 7.74. The van der Waals surface area contributed by atoms with Gasteiger partial charge in [0.25, 0.3) is 0 Å². The second-order valence-electron chi connectivity index (χ2n) is 3.49. The highest BCUT2D eigenvalue weighted by atomic mass is 79.9. The summed E-state index contributed by atoms with van der Waals surface area (Å²) in [6.45, 7) is 0. The molecular weight excluding hydrogens is 371 g/mol. The third-order valence-corrected chi connectivity index (χ3v) is 4.86. The molecular formula is C12H9Br2ClS. The van der Waals surface area contributed by atoms with Crippen molar-refractivity contribution in [3.8, 4) is 0 Å². The second kappa shape index (κ2) is 5.67. The number of halogens is 3. The molecule has 84 valence electrons. The fraction of sp³-hybridized carbons (Fsp3) is 0.167. The fourth-order valence-corrected chi connectivity index (χ4v) is 3.73. The van der Waals surface area contributed by atoms with E-state index >= 15 is 0 Å². The molecule has 0 aliphatic heterocycles. The highest BCUT2D eigenvalue weighted by Crippen LogP contribution is 2.32. The molecule has 2 aromatic rings. The molecule has 0 aliphatic carbocycles. The summed E-state index contributed by atoms with van der Waals surface area (Å²) in [5, 5.41) is 2.96. The molecule has 1 aromatic carbocycles. The van der Waals surface area contributed by atoms with E-state index in [4.69, 9.17) is 11.6 Å². The predicted molar refractivity (Wildman–Crippen MR) is 78.8 cm³/mol. The van der Waals surface area contributed by atoms with Gasteiger partial charge in [-0.15, -0.1) is 11.3 Å². The third kappa shape index (κ3) is 3.33. The van der Waals surface area contributed by atoms with Crippen molar-refractivity contribution in [3.05, 3.63) is 55.6 Å². The molecule has 4 heteroatoms. The Labute approximate surface area is 121 Å². The molecule has 1 atom stereocenters. The lowest BCUT2D eigenvalue weighted by molar-refractivity contribution is 0.954. The zero-order chi connectivity index (χ0) is 11.5. The van der Waals surface area contributed by atoms with Crippen LogP contribution < -0.4 is 0 Å². The quantitative estimate of drug-likeness (QED) is 0.587. The van der Waals surface area contributed by atoms with Crippen molar-refractivity contribution in [1.29, 1.82) is 0 Å². The van der Waals surface area contributed by atoms with Crippen LogP contribution in [0, 0.1) is 0 Å². The SMILES string of the molecule is Clc1cccc(CC(Br)c2csc(Br)c2)c1. The highest BCUT2D eigenvalue weighted by Gasteiger charge is 2.10. The zero-order valence-electron chi connectivity index (χ0n) is 8.29. The van der Waals surface area contributed by atoms with E-state index in [2.05, 4.69) is 49.4 Å². The number of thiophene rings is 1. The molecule has 0 saturated heterocycles. The Morgan fingerprint density at radius 1 is 1.31 bits per heavy atom. The summed E-state index contributed by atoms with van der Waals surface area (Å²) in [5.41, 5.74) is 2.55. The van der Waals surface area contributed by atoms with Gasteiger partial charge in [-0.25, -0.2) is 0 Å². The van der Waals surface area contributed by atoms with Crippen LogP contribution in [0.4, 0.5) is 0 Å². The molecule has 2 rings (SSSR count). The molecule has 0 radical (unpaired) electrons. The third-order valence-electron chi connectivity index (χ3n) is 2.25. The van der Waals surface area contributed by atoms with Crippen LogP contribution in [0.1, 0.15) is 16.0 Å². The minimum absolute atomic E-state index is 0.341. The number of hydrogen-bond acceptors (Lipinski definition) is 1. The summed E-state index contributed by atoms with van der Waals surface area (Å²) in [6, 6.07) is 10.1. The van der Waals surface area contributed by atoms with E-state index in [0.717, 1.165) is 15.2 Å². The molecule has 0 bridgehead atoms. The lowest BCUT2D eigenvalue weighted by atomic mass is 10.1. The van der Waals surface area contributed by atoms with E-state index in [-0.39, 0.29) is 0 Å². The van der Waals surface area contributed by atoms with Gasteiger partial charge >= 0.3 is 0 Å². The van der Waals surface area contributed by atoms with Crippen LogP contribution in [0.15, 0.2) is 39.5 Å². The Kier molecular flexibility index (Phi) is 4.48. The van der Waals surface area contributed by atoms with Crippen LogP contribution in [-0.4, -0.2) is 0 Å². The molecule has 0 saturated carbocycles. The summed E-state index contributed by atoms with van der Waals surface area (Å²) in [5.74, 6) is 0. The second-order valence-corrected chi connectivity index (χ2v) is 7.32. The van der Waals surface area contributed by atoms with Crippen LogP contribution in [0.3, 0.4) is 0 Å². The van der Waals surface area contributed by atoms with E-state index in [9.17, 15) is 0 Å². The predicted octanol–water partition coefficient (Wildman–Crippen LogP) is 5.84. The van der Waals surface area contributed by atoms with Gasteiger partial charge < -0.3 is 0 Å². The van der Waals surface area contributed by atoms with Crippen LogP contribution in [0.5, 0.6) is 0 Å². The first kappa shape index (κ1) is 12.6. The van der Waals surface area contributed by atoms with Crippen LogP contribution >= 0.6 is 54.8 Å². The fourth-order valence-electron chi connectivity index (χ4n) is 1.48. The van der Waals surface area contributed by atoms with E-state index in [0.29, 0.717) is 4.83 Å². The average Bonchev–Trinajstić information content (AvgIpc) is 2.65. The van der Waals surface area contributed by atoms with Gasteiger partial charge in [-0.1, -0.05) is 39.7 Å². The average molecular weight is 381 g/mol. The molecule has 0 spiro atoms. The van der Waals surface area contributed by atoms with Crippen molar-refractivity contribution in [2.24, 2.45) is 0 Å². The number of alkyl halides is 1. The lowest BCUT2D eigenvalue weighted by Crippen LogP contribution is -1.93. The van der Waals surface area contributed by atoms with Gasteiger partial charge in [-0.05, 0) is 57.1 Å². The van der Waals surface area contributed by atoms with Crippen LogP contribution in [0.2, 0.25) is 5.02 Å². The minimum Gasteiger partial charge on any atom is -0.137 e. The molecule has 0 fully saturated rings. The summed E-state index contributed by atoms with van der Waals surface area (Å²) in [4.78, 5) is 0.341. The van der Waals surface area contributed by atoms with E-state index in [1.54, 1.807) is 11.3 Å². The summed E-state index contributed by atoms with van der Waals surface area (Å²) in [6.07, 6.45) is 0.948. The number of benzene rings is 1. The highest BCUT2D eigenvalue weighted by molar-refractivity contribution is 9.11. The molecule has 0 nitrogen and oxygen atoms in total. The van der Waals surface area contributed by atoms with Crippen molar-refractivity contribution >= 4 is 54.8 Å². The van der Waals surface area contributed by atoms with Gasteiger partial charge in [0.1, 0.15) is 0 Å². The minimum atomic E-state index is 0.341. The summed E-state index contributed by atoms with van der Waals surface area (Å²) < 4.78 is 1.16. The monoisotopic (exact) mass is 378 g/mol. The van der Waals surface area contributed by atoms with Gasteiger partial charge in [-0.2, -0.15) is 0 Å². The van der Waals surface area contributed by atoms with E-state index < -0.39 is 0 Å². The smallest absolute Gasteiger partial charge is 0.0701 e. The maximum absolute atomic E-state index is 5.96. The maximum Gasteiger partial charge on any atom is 0.0701 e. The molecule has 1 aromatic heterocycles. The largest absolute Gasteiger partial charge is 0.137 e. The summed E-state index contributed by atoms with van der Waals surface area (Å²) >= 11 is 14.8. The van der Waals surface area contributed by atoms with Gasteiger partial charge in [-0.3, -0.25) is 0 Å². The molecule has 1 unspecified atom stereocenters. The Hall–Kier alpha value is 0.170. The molecule has 0 aliphatic rings. The van der Waals surface area contributed by atoms with Gasteiger partial charge in [0.2, 0.25) is 0 Å². The van der Waals surface area contributed by atoms with Crippen molar-refractivity contribution in [2.75, 3.05) is 0 Å². The van der Waals surface area contributed by atoms with E-state index in [1.807, 2.05) is 18.2 Å². The summed E-state index contributed by atoms with van der Waals surface area (Å²) in [7, 11) is 0. The topological polar surface area (TPSA) is 0 Å². The van der Waals surface area contributed by atoms with Crippen LogP contribution in [-0.2, 0) is 6.42 Å². The Morgan fingerprint density at radius 3 is 2.75 bits per heavy atom. The van der Waals surface area contributed by atoms with Crippen molar-refractivity contribution in [3.63, 3.8) is 0 Å². The lowest BCUT2D eigenvalue weighted by Gasteiger charge is -2.08. The first-order chi connectivity index (χ1) is 7.65.